The van der Waals surface area contributed by atoms with Gasteiger partial charge >= 0.3 is 18.1 Å². The third-order valence-corrected chi connectivity index (χ3v) is 7.20. The van der Waals surface area contributed by atoms with Crippen LogP contribution in [0.1, 0.15) is 36.9 Å². The number of ether oxygens (including phenoxy) is 1. The molecular formula is C24H21Cl2F3N2O5. The van der Waals surface area contributed by atoms with Crippen molar-refractivity contribution in [2.75, 3.05) is 6.61 Å². The summed E-state index contributed by atoms with van der Waals surface area (Å²) in [4.78, 5) is 31.7. The first kappa shape index (κ1) is 26.4. The zero-order valence-corrected chi connectivity index (χ0v) is 20.5. The van der Waals surface area contributed by atoms with Crippen molar-refractivity contribution in [3.63, 3.8) is 0 Å². The van der Waals surface area contributed by atoms with E-state index in [-0.39, 0.29) is 28.5 Å². The lowest BCUT2D eigenvalue weighted by Crippen LogP contribution is -2.74. The van der Waals surface area contributed by atoms with Crippen LogP contribution >= 0.6 is 23.2 Å². The molecule has 0 unspecified atom stereocenters. The van der Waals surface area contributed by atoms with Crippen molar-refractivity contribution >= 4 is 40.9 Å². The molecule has 0 saturated carbocycles. The molecule has 0 radical (unpaired) electrons. The number of carbonyl (C=O) groups is 2. The number of esters is 1. The highest BCUT2D eigenvalue weighted by atomic mass is 35.5. The van der Waals surface area contributed by atoms with Crippen LogP contribution in [0.3, 0.4) is 0 Å². The fourth-order valence-corrected chi connectivity index (χ4v) is 5.37. The molecule has 4 rings (SSSR count). The molecule has 0 aromatic heterocycles. The van der Waals surface area contributed by atoms with Gasteiger partial charge in [0, 0.05) is 16.0 Å². The Morgan fingerprint density at radius 3 is 2.08 bits per heavy atom. The van der Waals surface area contributed by atoms with Gasteiger partial charge in [0.2, 0.25) is 5.72 Å². The van der Waals surface area contributed by atoms with Crippen LogP contribution in [-0.2, 0) is 19.2 Å². The smallest absolute Gasteiger partial charge is 0.431 e. The fourth-order valence-electron chi connectivity index (χ4n) is 5.12. The first-order chi connectivity index (χ1) is 16.9. The van der Waals surface area contributed by atoms with E-state index < -0.39 is 47.1 Å². The molecule has 2 aliphatic heterocycles. The van der Waals surface area contributed by atoms with Crippen LogP contribution < -0.4 is 5.32 Å². The molecule has 1 spiro atoms. The van der Waals surface area contributed by atoms with Gasteiger partial charge in [0.05, 0.1) is 18.4 Å². The van der Waals surface area contributed by atoms with Gasteiger partial charge in [-0.25, -0.2) is 4.79 Å². The van der Waals surface area contributed by atoms with Crippen LogP contribution in [0.25, 0.3) is 0 Å². The molecule has 1 fully saturated rings. The molecular weight excluding hydrogens is 524 g/mol. The van der Waals surface area contributed by atoms with Crippen molar-refractivity contribution in [1.29, 1.82) is 0 Å². The number of halogens is 5. The zero-order chi connectivity index (χ0) is 26.5. The molecule has 12 heteroatoms. The minimum absolute atomic E-state index is 0.0124. The lowest BCUT2D eigenvalue weighted by Gasteiger charge is -2.55. The number of nitrogens with zero attached hydrogens (tertiary/aromatic N) is 1. The molecule has 7 nitrogen and oxygen atoms in total. The number of oxime groups is 1. The summed E-state index contributed by atoms with van der Waals surface area (Å²) < 4.78 is 48.9. The summed E-state index contributed by atoms with van der Waals surface area (Å²) in [7, 11) is 0. The molecule has 1 saturated heterocycles. The lowest BCUT2D eigenvalue weighted by atomic mass is 9.54. The Morgan fingerprint density at radius 1 is 1.11 bits per heavy atom. The number of aliphatic hydroxyl groups is 1. The average molecular weight is 545 g/mol. The van der Waals surface area contributed by atoms with E-state index in [4.69, 9.17) is 32.8 Å². The molecule has 0 aliphatic carbocycles. The molecule has 192 valence electrons. The predicted molar refractivity (Wildman–Crippen MR) is 124 cm³/mol. The van der Waals surface area contributed by atoms with E-state index in [2.05, 4.69) is 10.5 Å². The normalized spacial score (nSPS) is 30.2. The van der Waals surface area contributed by atoms with Crippen molar-refractivity contribution in [2.24, 2.45) is 16.5 Å². The Hall–Kier alpha value is -2.66. The van der Waals surface area contributed by atoms with E-state index in [1.807, 2.05) is 0 Å². The second kappa shape index (κ2) is 9.33. The van der Waals surface area contributed by atoms with Crippen LogP contribution in [0.5, 0.6) is 0 Å². The SMILES string of the molecule is CCOC(=O)[C@H]1[C@H](c2ccc(Cl)cc2)[C@]2(C(=O)ON=C2C)[C@H](c2ccc(Cl)cc2)N[C@]1(O)C(F)(F)F. The summed E-state index contributed by atoms with van der Waals surface area (Å²) in [6.07, 6.45) is -5.37. The van der Waals surface area contributed by atoms with Crippen LogP contribution in [0.2, 0.25) is 10.0 Å². The second-order valence-electron chi connectivity index (χ2n) is 8.58. The molecule has 5 atom stereocenters. The number of benzene rings is 2. The van der Waals surface area contributed by atoms with Gasteiger partial charge in [-0.3, -0.25) is 10.1 Å². The van der Waals surface area contributed by atoms with E-state index >= 15 is 0 Å². The Balaban J connectivity index is 2.10. The largest absolute Gasteiger partial charge is 0.466 e. The lowest BCUT2D eigenvalue weighted by molar-refractivity contribution is -0.311. The number of nitrogens with one attached hydrogen (secondary N) is 1. The van der Waals surface area contributed by atoms with E-state index in [1.54, 1.807) is 0 Å². The maximum atomic E-state index is 14.6. The van der Waals surface area contributed by atoms with E-state index in [1.165, 1.54) is 62.4 Å². The number of alkyl halides is 3. The number of hydrogen-bond acceptors (Lipinski definition) is 7. The Morgan fingerprint density at radius 2 is 1.64 bits per heavy atom. The van der Waals surface area contributed by atoms with Crippen molar-refractivity contribution in [3.8, 4) is 0 Å². The summed E-state index contributed by atoms with van der Waals surface area (Å²) in [6, 6.07) is 9.76. The topological polar surface area (TPSA) is 97.2 Å². The van der Waals surface area contributed by atoms with Crippen molar-refractivity contribution in [3.05, 3.63) is 69.7 Å². The van der Waals surface area contributed by atoms with E-state index in [0.717, 1.165) is 0 Å². The number of rotatable bonds is 4. The van der Waals surface area contributed by atoms with Gasteiger partial charge in [0.25, 0.3) is 0 Å². The maximum absolute atomic E-state index is 14.6. The average Bonchev–Trinajstić information content (AvgIpc) is 3.10. The standard InChI is InChI=1S/C24H21Cl2F3N2O5/c1-3-35-20(32)18-17(13-4-8-15(25)9-5-13)22(12(2)31-36-21(22)33)19(14-6-10-16(26)11-7-14)30-23(18,34)24(27,28)29/h4-11,17-19,30,34H,3H2,1-2H3/t17-,18+,19-,22-,23+/m0/s1. The van der Waals surface area contributed by atoms with Gasteiger partial charge in [-0.1, -0.05) is 52.6 Å². The van der Waals surface area contributed by atoms with Crippen molar-refractivity contribution in [2.45, 2.75) is 37.7 Å². The summed E-state index contributed by atoms with van der Waals surface area (Å²) in [5.41, 5.74) is -5.47. The van der Waals surface area contributed by atoms with Crippen molar-refractivity contribution < 1.29 is 37.4 Å². The molecule has 2 aliphatic rings. The van der Waals surface area contributed by atoms with Gasteiger partial charge in [-0.2, -0.15) is 13.2 Å². The van der Waals surface area contributed by atoms with Gasteiger partial charge in [-0.15, -0.1) is 0 Å². The molecule has 0 amide bonds. The monoisotopic (exact) mass is 544 g/mol. The first-order valence-corrected chi connectivity index (χ1v) is 11.6. The van der Waals surface area contributed by atoms with Gasteiger partial charge in [0.1, 0.15) is 11.3 Å². The number of hydrogen-bond donors (Lipinski definition) is 2. The van der Waals surface area contributed by atoms with E-state index in [0.29, 0.717) is 5.02 Å². The Labute approximate surface area is 214 Å². The third-order valence-electron chi connectivity index (χ3n) is 6.70. The summed E-state index contributed by atoms with van der Waals surface area (Å²) in [5, 5.41) is 17.8. The Bertz CT molecular complexity index is 1210. The highest BCUT2D eigenvalue weighted by Gasteiger charge is 2.76. The summed E-state index contributed by atoms with van der Waals surface area (Å²) in [6.45, 7) is 2.57. The summed E-state index contributed by atoms with van der Waals surface area (Å²) in [5.74, 6) is -6.30. The number of piperidine rings is 1. The maximum Gasteiger partial charge on any atom is 0.431 e. The zero-order valence-electron chi connectivity index (χ0n) is 19.0. The van der Waals surface area contributed by atoms with Crippen LogP contribution in [0.4, 0.5) is 13.2 Å². The molecule has 2 aromatic carbocycles. The quantitative estimate of drug-likeness (QED) is 0.425. The van der Waals surface area contributed by atoms with Crippen molar-refractivity contribution in [1.82, 2.24) is 5.32 Å². The van der Waals surface area contributed by atoms with Crippen LogP contribution in [-0.4, -0.2) is 41.3 Å². The summed E-state index contributed by atoms with van der Waals surface area (Å²) >= 11 is 12.0. The second-order valence-corrected chi connectivity index (χ2v) is 9.45. The molecule has 2 N–H and O–H groups in total. The molecule has 2 aromatic rings. The number of carbonyl (C=O) groups excluding carboxylic acids is 2. The highest BCUT2D eigenvalue weighted by Crippen LogP contribution is 2.61. The minimum atomic E-state index is -5.37. The van der Waals surface area contributed by atoms with Crippen LogP contribution in [0, 0.1) is 11.3 Å². The van der Waals surface area contributed by atoms with Crippen LogP contribution in [0.15, 0.2) is 53.7 Å². The minimum Gasteiger partial charge on any atom is -0.466 e. The fraction of sp³-hybridized carbons (Fsp3) is 0.375. The van der Waals surface area contributed by atoms with E-state index in [9.17, 15) is 27.9 Å². The predicted octanol–water partition coefficient (Wildman–Crippen LogP) is 4.77. The Kier molecular flexibility index (Phi) is 6.85. The molecule has 36 heavy (non-hydrogen) atoms. The van der Waals surface area contributed by atoms with Gasteiger partial charge in [-0.05, 0) is 49.2 Å². The molecule has 0 bridgehead atoms. The first-order valence-electron chi connectivity index (χ1n) is 10.9. The van der Waals surface area contributed by atoms with Gasteiger partial charge < -0.3 is 14.7 Å². The van der Waals surface area contributed by atoms with Gasteiger partial charge in [0.15, 0.2) is 0 Å². The third kappa shape index (κ3) is 3.96. The highest BCUT2D eigenvalue weighted by molar-refractivity contribution is 6.30. The molecule has 2 heterocycles.